The lowest BCUT2D eigenvalue weighted by Gasteiger charge is -2.22. The molecule has 1 aliphatic rings. The zero-order chi connectivity index (χ0) is 13.8. The fraction of sp³-hybridized carbons (Fsp3) is 0.571. The number of amides is 1. The van der Waals surface area contributed by atoms with E-state index in [1.54, 1.807) is 19.1 Å². The summed E-state index contributed by atoms with van der Waals surface area (Å²) >= 11 is 0. The number of rotatable bonds is 4. The topological polar surface area (TPSA) is 65.2 Å². The van der Waals surface area contributed by atoms with E-state index in [1.807, 2.05) is 0 Å². The highest BCUT2D eigenvalue weighted by atomic mass is 16.2. The van der Waals surface area contributed by atoms with Gasteiger partial charge < -0.3 is 10.3 Å². The Morgan fingerprint density at radius 1 is 1.53 bits per heavy atom. The summed E-state index contributed by atoms with van der Waals surface area (Å²) in [6.07, 6.45) is 2.29. The number of carbonyl (C=O) groups excluding carboxylic acids is 1. The van der Waals surface area contributed by atoms with Crippen LogP contribution in [-0.2, 0) is 0 Å². The van der Waals surface area contributed by atoms with Crippen molar-refractivity contribution in [2.45, 2.75) is 32.7 Å². The monoisotopic (exact) mass is 263 g/mol. The number of aromatic nitrogens is 1. The fourth-order valence-corrected chi connectivity index (χ4v) is 2.60. The summed E-state index contributed by atoms with van der Waals surface area (Å²) in [5.41, 5.74) is 0.623. The minimum absolute atomic E-state index is 0.187. The van der Waals surface area contributed by atoms with Crippen molar-refractivity contribution in [1.29, 1.82) is 0 Å². The molecule has 1 atom stereocenters. The molecule has 0 spiro atoms. The Kier molecular flexibility index (Phi) is 4.37. The Bertz CT molecular complexity index is 510. The van der Waals surface area contributed by atoms with Gasteiger partial charge in [-0.2, -0.15) is 0 Å². The van der Waals surface area contributed by atoms with Gasteiger partial charge in [0.2, 0.25) is 0 Å². The maximum atomic E-state index is 12.0. The molecule has 0 unspecified atom stereocenters. The lowest BCUT2D eigenvalue weighted by Crippen LogP contribution is -2.41. The van der Waals surface area contributed by atoms with Crippen LogP contribution in [0.2, 0.25) is 0 Å². The molecule has 1 fully saturated rings. The third-order valence-electron chi connectivity index (χ3n) is 3.70. The van der Waals surface area contributed by atoms with Gasteiger partial charge in [-0.15, -0.1) is 0 Å². The Balaban J connectivity index is 1.96. The van der Waals surface area contributed by atoms with Gasteiger partial charge in [-0.05, 0) is 45.0 Å². The number of H-pyrrole nitrogens is 1. The quantitative estimate of drug-likeness (QED) is 0.848. The number of nitrogens with zero attached hydrogens (tertiary/aromatic N) is 1. The summed E-state index contributed by atoms with van der Waals surface area (Å²) in [6, 6.07) is 3.72. The second kappa shape index (κ2) is 6.02. The SMILES string of the molecule is CCN1CCC[C@@H]1CNC(=O)c1ccc(C)[nH]c1=O. The van der Waals surface area contributed by atoms with Crippen molar-refractivity contribution in [3.8, 4) is 0 Å². The van der Waals surface area contributed by atoms with Gasteiger partial charge in [0.1, 0.15) is 5.56 Å². The summed E-state index contributed by atoms with van der Waals surface area (Å²) in [6.45, 7) is 6.64. The van der Waals surface area contributed by atoms with Crippen molar-refractivity contribution in [3.05, 3.63) is 33.7 Å². The molecule has 1 amide bonds. The molecule has 0 aliphatic carbocycles. The van der Waals surface area contributed by atoms with Gasteiger partial charge >= 0.3 is 0 Å². The van der Waals surface area contributed by atoms with E-state index in [2.05, 4.69) is 22.1 Å². The summed E-state index contributed by atoms with van der Waals surface area (Å²) in [5, 5.41) is 2.86. The zero-order valence-corrected chi connectivity index (χ0v) is 11.5. The number of likely N-dealkylation sites (N-methyl/N-ethyl adjacent to an activating group) is 1. The Morgan fingerprint density at radius 3 is 3.00 bits per heavy atom. The Morgan fingerprint density at radius 2 is 2.32 bits per heavy atom. The number of aromatic amines is 1. The Hall–Kier alpha value is -1.62. The van der Waals surface area contributed by atoms with Crippen LogP contribution in [0.25, 0.3) is 0 Å². The number of hydrogen-bond donors (Lipinski definition) is 2. The first-order chi connectivity index (χ1) is 9.11. The number of pyridine rings is 1. The Labute approximate surface area is 113 Å². The van der Waals surface area contributed by atoms with Gasteiger partial charge in [-0.25, -0.2) is 0 Å². The maximum Gasteiger partial charge on any atom is 0.260 e. The highest BCUT2D eigenvalue weighted by molar-refractivity contribution is 5.93. The van der Waals surface area contributed by atoms with Gasteiger partial charge in [0, 0.05) is 18.3 Å². The van der Waals surface area contributed by atoms with E-state index in [1.165, 1.54) is 6.42 Å². The van der Waals surface area contributed by atoms with E-state index in [4.69, 9.17) is 0 Å². The molecule has 104 valence electrons. The molecule has 2 N–H and O–H groups in total. The molecule has 5 heteroatoms. The highest BCUT2D eigenvalue weighted by Gasteiger charge is 2.23. The van der Waals surface area contributed by atoms with E-state index >= 15 is 0 Å². The van der Waals surface area contributed by atoms with Gasteiger partial charge in [-0.1, -0.05) is 6.92 Å². The van der Waals surface area contributed by atoms with Gasteiger partial charge in [0.15, 0.2) is 0 Å². The van der Waals surface area contributed by atoms with E-state index in [-0.39, 0.29) is 17.0 Å². The third-order valence-corrected chi connectivity index (χ3v) is 3.70. The van der Waals surface area contributed by atoms with Crippen molar-refractivity contribution < 1.29 is 4.79 Å². The van der Waals surface area contributed by atoms with Crippen molar-refractivity contribution in [1.82, 2.24) is 15.2 Å². The molecule has 0 saturated carbocycles. The van der Waals surface area contributed by atoms with E-state index in [9.17, 15) is 9.59 Å². The maximum absolute atomic E-state index is 12.0. The predicted octanol–water partition coefficient (Wildman–Crippen LogP) is 0.897. The summed E-state index contributed by atoms with van der Waals surface area (Å²) in [4.78, 5) is 28.7. The molecule has 0 bridgehead atoms. The second-order valence-corrected chi connectivity index (χ2v) is 5.02. The number of nitrogens with one attached hydrogen (secondary N) is 2. The van der Waals surface area contributed by atoms with Gasteiger partial charge in [-0.3, -0.25) is 14.5 Å². The van der Waals surface area contributed by atoms with Crippen molar-refractivity contribution in [3.63, 3.8) is 0 Å². The van der Waals surface area contributed by atoms with Crippen LogP contribution in [0.15, 0.2) is 16.9 Å². The molecule has 1 aromatic rings. The molecule has 0 aromatic carbocycles. The average molecular weight is 263 g/mol. The number of likely N-dealkylation sites (tertiary alicyclic amines) is 1. The molecule has 2 rings (SSSR count). The first-order valence-electron chi connectivity index (χ1n) is 6.84. The summed E-state index contributed by atoms with van der Waals surface area (Å²) in [5.74, 6) is -0.288. The fourth-order valence-electron chi connectivity index (χ4n) is 2.60. The first-order valence-corrected chi connectivity index (χ1v) is 6.84. The second-order valence-electron chi connectivity index (χ2n) is 5.02. The molecule has 1 aliphatic heterocycles. The molecule has 1 aromatic heterocycles. The number of hydrogen-bond acceptors (Lipinski definition) is 3. The number of carbonyl (C=O) groups is 1. The summed E-state index contributed by atoms with van der Waals surface area (Å²) in [7, 11) is 0. The van der Waals surface area contributed by atoms with Crippen molar-refractivity contribution in [2.24, 2.45) is 0 Å². The highest BCUT2D eigenvalue weighted by Crippen LogP contribution is 2.15. The normalized spacial score (nSPS) is 19.6. The van der Waals surface area contributed by atoms with Crippen LogP contribution in [0.4, 0.5) is 0 Å². The van der Waals surface area contributed by atoms with Gasteiger partial charge in [0.05, 0.1) is 0 Å². The van der Waals surface area contributed by atoms with Crippen LogP contribution in [0.3, 0.4) is 0 Å². The van der Waals surface area contributed by atoms with E-state index < -0.39 is 0 Å². The van der Waals surface area contributed by atoms with Gasteiger partial charge in [0.25, 0.3) is 11.5 Å². The van der Waals surface area contributed by atoms with Crippen LogP contribution in [0.1, 0.15) is 35.8 Å². The number of aryl methyl sites for hydroxylation is 1. The lowest BCUT2D eigenvalue weighted by molar-refractivity contribution is 0.0940. The summed E-state index contributed by atoms with van der Waals surface area (Å²) < 4.78 is 0. The molecule has 19 heavy (non-hydrogen) atoms. The van der Waals surface area contributed by atoms with Crippen LogP contribution in [-0.4, -0.2) is 41.5 Å². The molecule has 0 radical (unpaired) electrons. The lowest BCUT2D eigenvalue weighted by atomic mass is 10.2. The van der Waals surface area contributed by atoms with Crippen LogP contribution >= 0.6 is 0 Å². The van der Waals surface area contributed by atoms with Crippen molar-refractivity contribution >= 4 is 5.91 Å². The first kappa shape index (κ1) is 13.8. The van der Waals surface area contributed by atoms with Crippen molar-refractivity contribution in [2.75, 3.05) is 19.6 Å². The smallest absolute Gasteiger partial charge is 0.260 e. The van der Waals surface area contributed by atoms with Crippen LogP contribution in [0, 0.1) is 6.92 Å². The van der Waals surface area contributed by atoms with Crippen LogP contribution in [0.5, 0.6) is 0 Å². The molecule has 2 heterocycles. The minimum atomic E-state index is -0.323. The molecule has 1 saturated heterocycles. The molecular formula is C14H21N3O2. The minimum Gasteiger partial charge on any atom is -0.350 e. The average Bonchev–Trinajstić information content (AvgIpc) is 2.83. The third kappa shape index (κ3) is 3.23. The van der Waals surface area contributed by atoms with E-state index in [0.717, 1.165) is 25.2 Å². The largest absolute Gasteiger partial charge is 0.350 e. The predicted molar refractivity (Wildman–Crippen MR) is 74.4 cm³/mol. The zero-order valence-electron chi connectivity index (χ0n) is 11.5. The van der Waals surface area contributed by atoms with Crippen LogP contribution < -0.4 is 10.9 Å². The van der Waals surface area contributed by atoms with E-state index in [0.29, 0.717) is 12.6 Å². The molecule has 5 nitrogen and oxygen atoms in total. The molecular weight excluding hydrogens is 242 g/mol. The standard InChI is InChI=1S/C14H21N3O2/c1-3-17-8-4-5-11(17)9-15-13(18)12-7-6-10(2)16-14(12)19/h6-7,11H,3-5,8-9H2,1-2H3,(H,15,18)(H,16,19)/t11-/m1/s1.